The fourth-order valence-corrected chi connectivity index (χ4v) is 5.11. The highest BCUT2D eigenvalue weighted by atomic mass is 35.5. The van der Waals surface area contributed by atoms with Gasteiger partial charge in [-0.05, 0) is 36.4 Å². The van der Waals surface area contributed by atoms with E-state index in [2.05, 4.69) is 0 Å². The number of nitrogens with zero attached hydrogens (tertiary/aromatic N) is 2. The summed E-state index contributed by atoms with van der Waals surface area (Å²) in [4.78, 5) is 14.7. The lowest BCUT2D eigenvalue weighted by Crippen LogP contribution is -2.50. The molecule has 2 aromatic carbocycles. The number of sulfonamides is 1. The fourth-order valence-electron chi connectivity index (χ4n) is 3.39. The van der Waals surface area contributed by atoms with E-state index in [-0.39, 0.29) is 23.9 Å². The van der Waals surface area contributed by atoms with Gasteiger partial charge in [0.1, 0.15) is 0 Å². The van der Waals surface area contributed by atoms with Crippen molar-refractivity contribution in [2.45, 2.75) is 11.3 Å². The number of piperazine rings is 1. The Morgan fingerprint density at radius 3 is 2.38 bits per heavy atom. The third-order valence-corrected chi connectivity index (χ3v) is 7.08. The normalized spacial score (nSPS) is 17.6. The third-order valence-electron chi connectivity index (χ3n) is 4.95. The van der Waals surface area contributed by atoms with Crippen molar-refractivity contribution in [2.24, 2.45) is 0 Å². The van der Waals surface area contributed by atoms with Gasteiger partial charge in [0.25, 0.3) is 5.91 Å². The van der Waals surface area contributed by atoms with Crippen LogP contribution in [0.15, 0.2) is 47.4 Å². The van der Waals surface area contributed by atoms with Gasteiger partial charge in [0.15, 0.2) is 11.5 Å². The molecule has 7 nitrogen and oxygen atoms in total. The number of fused-ring (bicyclic) bond motifs is 1. The molecule has 0 radical (unpaired) electrons. The molecule has 0 unspecified atom stereocenters. The first-order valence-corrected chi connectivity index (χ1v) is 11.2. The van der Waals surface area contributed by atoms with Crippen molar-refractivity contribution in [1.29, 1.82) is 0 Å². The molecule has 29 heavy (non-hydrogen) atoms. The van der Waals surface area contributed by atoms with E-state index in [1.807, 2.05) is 0 Å². The summed E-state index contributed by atoms with van der Waals surface area (Å²) < 4.78 is 38.3. The Morgan fingerprint density at radius 2 is 1.66 bits per heavy atom. The highest BCUT2D eigenvalue weighted by Crippen LogP contribution is 2.31. The molecule has 9 heteroatoms. The lowest BCUT2D eigenvalue weighted by Gasteiger charge is -2.34. The number of carbonyl (C=O) groups excluding carboxylic acids is 1. The lowest BCUT2D eigenvalue weighted by atomic mass is 10.1. The summed E-state index contributed by atoms with van der Waals surface area (Å²) in [6, 6.07) is 11.4. The Bertz CT molecular complexity index is 1020. The average Bonchev–Trinajstić information content (AvgIpc) is 2.98. The minimum Gasteiger partial charge on any atom is -0.490 e. The first-order valence-electron chi connectivity index (χ1n) is 9.40. The molecular formula is C20H21ClN2O5S. The first-order chi connectivity index (χ1) is 13.9. The SMILES string of the molecule is O=C(c1ccc2c(c1)OCCCO2)N1CCN(S(=O)(=O)c2cccc(Cl)c2)CC1. The van der Waals surface area contributed by atoms with E-state index >= 15 is 0 Å². The Morgan fingerprint density at radius 1 is 0.931 bits per heavy atom. The summed E-state index contributed by atoms with van der Waals surface area (Å²) in [6.07, 6.45) is 0.793. The van der Waals surface area contributed by atoms with Gasteiger partial charge < -0.3 is 14.4 Å². The molecule has 0 atom stereocenters. The second-order valence-electron chi connectivity index (χ2n) is 6.87. The number of hydrogen-bond acceptors (Lipinski definition) is 5. The van der Waals surface area contributed by atoms with Crippen molar-refractivity contribution in [3.63, 3.8) is 0 Å². The van der Waals surface area contributed by atoms with Crippen molar-refractivity contribution >= 4 is 27.5 Å². The van der Waals surface area contributed by atoms with E-state index in [9.17, 15) is 13.2 Å². The van der Waals surface area contributed by atoms with Crippen molar-refractivity contribution in [2.75, 3.05) is 39.4 Å². The molecule has 4 rings (SSSR count). The largest absolute Gasteiger partial charge is 0.490 e. The van der Waals surface area contributed by atoms with Crippen LogP contribution in [0.4, 0.5) is 0 Å². The van der Waals surface area contributed by atoms with Crippen LogP contribution >= 0.6 is 11.6 Å². The smallest absolute Gasteiger partial charge is 0.254 e. The third kappa shape index (κ3) is 4.19. The second-order valence-corrected chi connectivity index (χ2v) is 9.24. The van der Waals surface area contributed by atoms with Gasteiger partial charge in [-0.15, -0.1) is 0 Å². The van der Waals surface area contributed by atoms with Crippen LogP contribution in [0.1, 0.15) is 16.8 Å². The highest BCUT2D eigenvalue weighted by Gasteiger charge is 2.31. The number of benzene rings is 2. The highest BCUT2D eigenvalue weighted by molar-refractivity contribution is 7.89. The summed E-state index contributed by atoms with van der Waals surface area (Å²) in [5, 5.41) is 0.370. The van der Waals surface area contributed by atoms with E-state index in [4.69, 9.17) is 21.1 Å². The van der Waals surface area contributed by atoms with Gasteiger partial charge in [-0.2, -0.15) is 4.31 Å². The molecule has 2 aliphatic rings. The number of rotatable bonds is 3. The van der Waals surface area contributed by atoms with Gasteiger partial charge in [0, 0.05) is 43.2 Å². The minimum absolute atomic E-state index is 0.152. The van der Waals surface area contributed by atoms with Gasteiger partial charge in [0.2, 0.25) is 10.0 Å². The Labute approximate surface area is 174 Å². The van der Waals surface area contributed by atoms with E-state index in [0.717, 1.165) is 6.42 Å². The summed E-state index contributed by atoms with van der Waals surface area (Å²) in [7, 11) is -3.64. The molecule has 0 saturated carbocycles. The Kier molecular flexibility index (Phi) is 5.67. The maximum absolute atomic E-state index is 12.9. The van der Waals surface area contributed by atoms with Gasteiger partial charge >= 0.3 is 0 Å². The molecule has 0 aliphatic carbocycles. The average molecular weight is 437 g/mol. The molecule has 2 heterocycles. The van der Waals surface area contributed by atoms with E-state index in [1.54, 1.807) is 35.2 Å². The van der Waals surface area contributed by atoms with Crippen LogP contribution < -0.4 is 9.47 Å². The van der Waals surface area contributed by atoms with E-state index < -0.39 is 10.0 Å². The number of hydrogen-bond donors (Lipinski definition) is 0. The molecule has 2 aromatic rings. The predicted octanol–water partition coefficient (Wildman–Crippen LogP) is 2.65. The van der Waals surface area contributed by atoms with Crippen LogP contribution in [0.5, 0.6) is 11.5 Å². The van der Waals surface area contributed by atoms with Crippen LogP contribution in [0.25, 0.3) is 0 Å². The molecule has 0 spiro atoms. The maximum atomic E-state index is 12.9. The molecule has 0 bridgehead atoms. The monoisotopic (exact) mass is 436 g/mol. The van der Waals surface area contributed by atoms with Crippen molar-refractivity contribution in [3.05, 3.63) is 53.1 Å². The standard InChI is InChI=1S/C20H21ClN2O5S/c21-16-3-1-4-17(14-16)29(25,26)23-9-7-22(8-10-23)20(24)15-5-6-18-19(13-15)28-12-2-11-27-18/h1,3-6,13-14H,2,7-12H2. The molecule has 0 aromatic heterocycles. The number of ether oxygens (including phenoxy) is 2. The lowest BCUT2D eigenvalue weighted by molar-refractivity contribution is 0.0697. The van der Waals surface area contributed by atoms with Crippen molar-refractivity contribution < 1.29 is 22.7 Å². The summed E-state index contributed by atoms with van der Waals surface area (Å²) in [5.74, 6) is 1.05. The van der Waals surface area contributed by atoms with Crippen LogP contribution in [-0.2, 0) is 10.0 Å². The maximum Gasteiger partial charge on any atom is 0.254 e. The number of carbonyl (C=O) groups is 1. The molecule has 1 saturated heterocycles. The fraction of sp³-hybridized carbons (Fsp3) is 0.350. The number of halogens is 1. The summed E-state index contributed by atoms with van der Waals surface area (Å²) >= 11 is 5.93. The van der Waals surface area contributed by atoms with Crippen LogP contribution in [-0.4, -0.2) is 62.9 Å². The molecule has 1 fully saturated rings. The van der Waals surface area contributed by atoms with Crippen molar-refractivity contribution in [1.82, 2.24) is 9.21 Å². The Balaban J connectivity index is 1.44. The van der Waals surface area contributed by atoms with Crippen LogP contribution in [0, 0.1) is 0 Å². The first kappa shape index (κ1) is 20.0. The topological polar surface area (TPSA) is 76.2 Å². The van der Waals surface area contributed by atoms with E-state index in [1.165, 1.54) is 16.4 Å². The quantitative estimate of drug-likeness (QED) is 0.739. The molecule has 0 N–H and O–H groups in total. The summed E-state index contributed by atoms with van der Waals surface area (Å²) in [5.41, 5.74) is 0.500. The number of amides is 1. The molecule has 154 valence electrons. The zero-order valence-electron chi connectivity index (χ0n) is 15.7. The van der Waals surface area contributed by atoms with Gasteiger partial charge in [-0.1, -0.05) is 17.7 Å². The second kappa shape index (κ2) is 8.22. The van der Waals surface area contributed by atoms with Gasteiger partial charge in [-0.25, -0.2) is 8.42 Å². The van der Waals surface area contributed by atoms with Crippen LogP contribution in [0.3, 0.4) is 0 Å². The zero-order chi connectivity index (χ0) is 20.4. The van der Waals surface area contributed by atoms with E-state index in [0.29, 0.717) is 48.4 Å². The Hall–Kier alpha value is -2.29. The van der Waals surface area contributed by atoms with Crippen LogP contribution in [0.2, 0.25) is 5.02 Å². The minimum atomic E-state index is -3.64. The zero-order valence-corrected chi connectivity index (χ0v) is 17.3. The predicted molar refractivity (Wildman–Crippen MR) is 108 cm³/mol. The molecule has 1 amide bonds. The summed E-state index contributed by atoms with van der Waals surface area (Å²) in [6.45, 7) is 2.21. The molecule has 2 aliphatic heterocycles. The van der Waals surface area contributed by atoms with Crippen molar-refractivity contribution in [3.8, 4) is 11.5 Å². The molecular weight excluding hydrogens is 416 g/mol. The van der Waals surface area contributed by atoms with Gasteiger partial charge in [0.05, 0.1) is 18.1 Å². The van der Waals surface area contributed by atoms with Gasteiger partial charge in [-0.3, -0.25) is 4.79 Å².